The van der Waals surface area contributed by atoms with Crippen molar-refractivity contribution in [1.29, 1.82) is 0 Å². The predicted molar refractivity (Wildman–Crippen MR) is 137 cm³/mol. The first-order valence-corrected chi connectivity index (χ1v) is 12.4. The molecular formula is C28H28N2O2S. The van der Waals surface area contributed by atoms with E-state index in [1.165, 1.54) is 30.4 Å². The minimum absolute atomic E-state index is 0.0146. The number of pyridine rings is 1. The highest BCUT2D eigenvalue weighted by Gasteiger charge is 2.22. The van der Waals surface area contributed by atoms with E-state index in [4.69, 9.17) is 9.72 Å². The number of carbonyl (C=O) groups is 1. The number of thiophene rings is 1. The van der Waals surface area contributed by atoms with Gasteiger partial charge in [-0.3, -0.25) is 9.78 Å². The van der Waals surface area contributed by atoms with E-state index in [0.717, 1.165) is 55.6 Å². The normalized spacial score (nSPS) is 13.8. The van der Waals surface area contributed by atoms with Crippen LogP contribution < -0.4 is 10.1 Å². The molecule has 0 saturated carbocycles. The average Bonchev–Trinajstić information content (AvgIpc) is 3.25. The lowest BCUT2D eigenvalue weighted by Crippen LogP contribution is -2.24. The van der Waals surface area contributed by atoms with Gasteiger partial charge in [0.15, 0.2) is 0 Å². The number of rotatable bonds is 6. The zero-order valence-corrected chi connectivity index (χ0v) is 19.9. The summed E-state index contributed by atoms with van der Waals surface area (Å²) in [5, 5.41) is 5.20. The van der Waals surface area contributed by atoms with Crippen LogP contribution in [0.3, 0.4) is 0 Å². The largest absolute Gasteiger partial charge is 0.494 e. The average molecular weight is 457 g/mol. The molecule has 5 rings (SSSR count). The Kier molecular flexibility index (Phi) is 6.14. The third-order valence-corrected chi connectivity index (χ3v) is 7.63. The Bertz CT molecular complexity index is 1350. The zero-order valence-electron chi connectivity index (χ0n) is 19.1. The Morgan fingerprint density at radius 3 is 2.73 bits per heavy atom. The van der Waals surface area contributed by atoms with E-state index >= 15 is 0 Å². The second-order valence-corrected chi connectivity index (χ2v) is 9.66. The first-order valence-electron chi connectivity index (χ1n) is 11.6. The molecule has 2 aromatic heterocycles. The SMILES string of the molecule is COc1cccc2c1ncc1c(-c3ccc(C)cc3)c(C(=O)NCCC3=CCCCC3)sc12. The number of aryl methyl sites for hydroxylation is 1. The van der Waals surface area contributed by atoms with E-state index < -0.39 is 0 Å². The molecule has 2 heterocycles. The number of amides is 1. The second kappa shape index (κ2) is 9.36. The standard InChI is InChI=1S/C28H28N2O2S/c1-18-11-13-20(14-12-18)24-22-17-30-25-21(9-6-10-23(25)32-2)26(22)33-27(24)28(31)29-16-15-19-7-4-3-5-8-19/h6-7,9-14,17H,3-5,8,15-16H2,1-2H3,(H,29,31). The van der Waals surface area contributed by atoms with Crippen molar-refractivity contribution in [2.75, 3.05) is 13.7 Å². The Balaban J connectivity index is 1.57. The number of nitrogens with zero attached hydrogens (tertiary/aromatic N) is 1. The molecular weight excluding hydrogens is 428 g/mol. The minimum Gasteiger partial charge on any atom is -0.494 e. The molecule has 4 nitrogen and oxygen atoms in total. The molecule has 168 valence electrons. The van der Waals surface area contributed by atoms with Gasteiger partial charge in [-0.2, -0.15) is 0 Å². The quantitative estimate of drug-likeness (QED) is 0.316. The maximum absolute atomic E-state index is 13.4. The molecule has 4 aromatic rings. The van der Waals surface area contributed by atoms with Crippen LogP contribution in [-0.2, 0) is 0 Å². The predicted octanol–water partition coefficient (Wildman–Crippen LogP) is 7.05. The molecule has 1 aliphatic carbocycles. The summed E-state index contributed by atoms with van der Waals surface area (Å²) in [7, 11) is 1.66. The van der Waals surface area contributed by atoms with Crippen LogP contribution in [0.25, 0.3) is 32.1 Å². The number of allylic oxidation sites excluding steroid dienone is 1. The molecule has 0 fully saturated rings. The van der Waals surface area contributed by atoms with Gasteiger partial charge in [0.2, 0.25) is 0 Å². The number of fused-ring (bicyclic) bond motifs is 3. The molecule has 0 bridgehead atoms. The van der Waals surface area contributed by atoms with Crippen molar-refractivity contribution in [2.24, 2.45) is 0 Å². The number of para-hydroxylation sites is 1. The highest BCUT2D eigenvalue weighted by atomic mass is 32.1. The topological polar surface area (TPSA) is 51.2 Å². The first-order chi connectivity index (χ1) is 16.2. The second-order valence-electron chi connectivity index (χ2n) is 8.64. The Hall–Kier alpha value is -3.18. The van der Waals surface area contributed by atoms with E-state index in [1.807, 2.05) is 18.3 Å². The summed E-state index contributed by atoms with van der Waals surface area (Å²) >= 11 is 1.54. The molecule has 0 unspecified atom stereocenters. The van der Waals surface area contributed by atoms with Crippen LogP contribution in [-0.4, -0.2) is 24.5 Å². The number of nitrogens with one attached hydrogen (secondary N) is 1. The van der Waals surface area contributed by atoms with E-state index in [1.54, 1.807) is 18.4 Å². The van der Waals surface area contributed by atoms with E-state index in [-0.39, 0.29) is 5.91 Å². The van der Waals surface area contributed by atoms with E-state index in [0.29, 0.717) is 6.54 Å². The summed E-state index contributed by atoms with van der Waals surface area (Å²) in [4.78, 5) is 18.9. The molecule has 0 aliphatic heterocycles. The third-order valence-electron chi connectivity index (χ3n) is 6.39. The number of aromatic nitrogens is 1. The molecule has 0 saturated heterocycles. The monoisotopic (exact) mass is 456 g/mol. The number of benzene rings is 2. The van der Waals surface area contributed by atoms with Gasteiger partial charge >= 0.3 is 0 Å². The van der Waals surface area contributed by atoms with Gasteiger partial charge in [-0.15, -0.1) is 11.3 Å². The van der Waals surface area contributed by atoms with Crippen LogP contribution in [0.2, 0.25) is 0 Å². The van der Waals surface area contributed by atoms with Crippen molar-refractivity contribution in [3.63, 3.8) is 0 Å². The van der Waals surface area contributed by atoms with Crippen molar-refractivity contribution >= 4 is 38.2 Å². The smallest absolute Gasteiger partial charge is 0.262 e. The zero-order chi connectivity index (χ0) is 22.8. The van der Waals surface area contributed by atoms with Gasteiger partial charge in [-0.25, -0.2) is 0 Å². The van der Waals surface area contributed by atoms with Gasteiger partial charge in [0.05, 0.1) is 7.11 Å². The summed E-state index contributed by atoms with van der Waals surface area (Å²) < 4.78 is 6.59. The van der Waals surface area contributed by atoms with Crippen LogP contribution in [0.1, 0.15) is 47.3 Å². The molecule has 1 aliphatic rings. The van der Waals surface area contributed by atoms with Gasteiger partial charge in [0.1, 0.15) is 16.1 Å². The van der Waals surface area contributed by atoms with Crippen LogP contribution in [0, 0.1) is 6.92 Å². The molecule has 0 radical (unpaired) electrons. The number of hydrogen-bond acceptors (Lipinski definition) is 4. The molecule has 1 N–H and O–H groups in total. The van der Waals surface area contributed by atoms with Crippen LogP contribution in [0.15, 0.2) is 60.3 Å². The Morgan fingerprint density at radius 2 is 1.97 bits per heavy atom. The molecule has 0 atom stereocenters. The van der Waals surface area contributed by atoms with Crippen LogP contribution in [0.5, 0.6) is 5.75 Å². The van der Waals surface area contributed by atoms with Gasteiger partial charge in [-0.05, 0) is 50.7 Å². The van der Waals surface area contributed by atoms with E-state index in [9.17, 15) is 4.79 Å². The number of ether oxygens (including phenoxy) is 1. The lowest BCUT2D eigenvalue weighted by molar-refractivity contribution is 0.0958. The lowest BCUT2D eigenvalue weighted by Gasteiger charge is -2.13. The minimum atomic E-state index is -0.0146. The van der Waals surface area contributed by atoms with E-state index in [2.05, 4.69) is 48.6 Å². The highest BCUT2D eigenvalue weighted by molar-refractivity contribution is 7.22. The summed E-state index contributed by atoms with van der Waals surface area (Å²) in [5.41, 5.74) is 5.48. The first kappa shape index (κ1) is 21.7. The van der Waals surface area contributed by atoms with Crippen molar-refractivity contribution < 1.29 is 9.53 Å². The van der Waals surface area contributed by atoms with Crippen molar-refractivity contribution in [1.82, 2.24) is 10.3 Å². The van der Waals surface area contributed by atoms with Crippen molar-refractivity contribution in [3.05, 3.63) is 70.8 Å². The molecule has 0 spiro atoms. The lowest BCUT2D eigenvalue weighted by atomic mass is 9.97. The van der Waals surface area contributed by atoms with Gasteiger partial charge < -0.3 is 10.1 Å². The number of methoxy groups -OCH3 is 1. The van der Waals surface area contributed by atoms with Crippen molar-refractivity contribution in [2.45, 2.75) is 39.0 Å². The molecule has 1 amide bonds. The van der Waals surface area contributed by atoms with Crippen LogP contribution in [0.4, 0.5) is 0 Å². The number of carbonyl (C=O) groups excluding carboxylic acids is 1. The summed E-state index contributed by atoms with van der Waals surface area (Å²) in [6.07, 6.45) is 10.0. The summed E-state index contributed by atoms with van der Waals surface area (Å²) in [6.45, 7) is 2.74. The third kappa shape index (κ3) is 4.25. The molecule has 33 heavy (non-hydrogen) atoms. The summed E-state index contributed by atoms with van der Waals surface area (Å²) in [5.74, 6) is 0.727. The molecule has 2 aromatic carbocycles. The van der Waals surface area contributed by atoms with Gasteiger partial charge in [0.25, 0.3) is 5.91 Å². The fourth-order valence-electron chi connectivity index (χ4n) is 4.61. The van der Waals surface area contributed by atoms with Gasteiger partial charge in [0, 0.05) is 33.8 Å². The van der Waals surface area contributed by atoms with Gasteiger partial charge in [-0.1, -0.05) is 53.6 Å². The molecule has 5 heteroatoms. The number of hydrogen-bond donors (Lipinski definition) is 1. The Labute approximate surface area is 198 Å². The summed E-state index contributed by atoms with van der Waals surface area (Å²) in [6, 6.07) is 14.3. The maximum Gasteiger partial charge on any atom is 0.262 e. The van der Waals surface area contributed by atoms with Crippen LogP contribution >= 0.6 is 11.3 Å². The maximum atomic E-state index is 13.4. The Morgan fingerprint density at radius 1 is 1.12 bits per heavy atom. The fraction of sp³-hybridized carbons (Fsp3) is 0.286. The van der Waals surface area contributed by atoms with Crippen molar-refractivity contribution in [3.8, 4) is 16.9 Å². The fourth-order valence-corrected chi connectivity index (χ4v) is 5.85. The highest BCUT2D eigenvalue weighted by Crippen LogP contribution is 2.42.